The smallest absolute Gasteiger partial charge is 0.265 e. The van der Waals surface area contributed by atoms with E-state index < -0.39 is 6.43 Å². The number of pyridine rings is 1. The summed E-state index contributed by atoms with van der Waals surface area (Å²) < 4.78 is 25.3. The Morgan fingerprint density at radius 1 is 1.35 bits per heavy atom. The maximum Gasteiger partial charge on any atom is 0.265 e. The molecule has 0 aliphatic carbocycles. The van der Waals surface area contributed by atoms with Gasteiger partial charge in [0, 0.05) is 43.6 Å². The average Bonchev–Trinajstić information content (AvgIpc) is 3.00. The summed E-state index contributed by atoms with van der Waals surface area (Å²) >= 11 is 0. The Morgan fingerprint density at radius 2 is 2.22 bits per heavy atom. The number of alkyl halides is 2. The van der Waals surface area contributed by atoms with Crippen molar-refractivity contribution in [2.45, 2.75) is 25.4 Å². The van der Waals surface area contributed by atoms with Crippen molar-refractivity contribution in [1.29, 1.82) is 0 Å². The molecular weight excluding hydrogens is 304 g/mol. The van der Waals surface area contributed by atoms with E-state index in [0.29, 0.717) is 30.5 Å². The zero-order valence-electron chi connectivity index (χ0n) is 12.4. The fourth-order valence-electron chi connectivity index (χ4n) is 2.40. The van der Waals surface area contributed by atoms with Gasteiger partial charge >= 0.3 is 0 Å². The second-order valence-electron chi connectivity index (χ2n) is 5.38. The summed E-state index contributed by atoms with van der Waals surface area (Å²) in [5.41, 5.74) is 6.40. The Bertz CT molecular complexity index is 667. The predicted molar refractivity (Wildman–Crippen MR) is 81.2 cm³/mol. The highest BCUT2D eigenvalue weighted by molar-refractivity contribution is 5.37. The summed E-state index contributed by atoms with van der Waals surface area (Å²) in [4.78, 5) is 18.3. The number of rotatable bonds is 5. The number of hydrogen-bond acceptors (Lipinski definition) is 7. The molecular formula is C14H17F2N7. The minimum atomic E-state index is -2.54. The van der Waals surface area contributed by atoms with Crippen LogP contribution in [0.2, 0.25) is 0 Å². The Hall–Kier alpha value is -2.42. The molecule has 0 spiro atoms. The lowest BCUT2D eigenvalue weighted by molar-refractivity contribution is 0.151. The highest BCUT2D eigenvalue weighted by atomic mass is 19.3. The van der Waals surface area contributed by atoms with Crippen molar-refractivity contribution in [3.8, 4) is 0 Å². The van der Waals surface area contributed by atoms with Crippen molar-refractivity contribution in [2.75, 3.05) is 23.3 Å². The number of aromatic nitrogens is 4. The molecule has 1 aliphatic rings. The first-order valence-corrected chi connectivity index (χ1v) is 7.27. The van der Waals surface area contributed by atoms with Crippen LogP contribution in [0.3, 0.4) is 0 Å². The molecule has 9 heteroatoms. The Labute approximate surface area is 132 Å². The summed E-state index contributed by atoms with van der Waals surface area (Å²) in [5.74, 6) is 0.952. The number of hydrogen-bond donors (Lipinski definition) is 2. The minimum absolute atomic E-state index is 0.105. The Morgan fingerprint density at radius 3 is 2.96 bits per heavy atom. The van der Waals surface area contributed by atoms with Gasteiger partial charge in [0.1, 0.15) is 6.33 Å². The normalized spacial score (nSPS) is 17.7. The molecule has 3 rings (SSSR count). The molecule has 2 aromatic heterocycles. The van der Waals surface area contributed by atoms with Gasteiger partial charge in [0.15, 0.2) is 0 Å². The van der Waals surface area contributed by atoms with Gasteiger partial charge < -0.3 is 16.0 Å². The molecule has 1 aliphatic heterocycles. The summed E-state index contributed by atoms with van der Waals surface area (Å²) in [6.07, 6.45) is 2.47. The predicted octanol–water partition coefficient (Wildman–Crippen LogP) is 1.35. The van der Waals surface area contributed by atoms with Gasteiger partial charge in [-0.1, -0.05) is 0 Å². The number of anilines is 2. The summed E-state index contributed by atoms with van der Waals surface area (Å²) in [6, 6.07) is 1.54. The molecule has 7 nitrogen and oxygen atoms in total. The molecule has 0 saturated carbocycles. The molecule has 122 valence electrons. The zero-order valence-corrected chi connectivity index (χ0v) is 12.4. The maximum atomic E-state index is 12.7. The highest BCUT2D eigenvalue weighted by Crippen LogP contribution is 2.19. The van der Waals surface area contributed by atoms with Gasteiger partial charge in [0.05, 0.1) is 0 Å². The second kappa shape index (κ2) is 6.78. The first-order valence-electron chi connectivity index (χ1n) is 7.27. The Balaban J connectivity index is 1.65. The first-order chi connectivity index (χ1) is 11.1. The third-order valence-electron chi connectivity index (χ3n) is 3.59. The van der Waals surface area contributed by atoms with Gasteiger partial charge in [0.25, 0.3) is 6.43 Å². The van der Waals surface area contributed by atoms with Crippen LogP contribution in [0.15, 0.2) is 24.8 Å². The van der Waals surface area contributed by atoms with E-state index in [1.54, 1.807) is 0 Å². The molecule has 1 fully saturated rings. The molecule has 1 saturated heterocycles. The van der Waals surface area contributed by atoms with E-state index in [4.69, 9.17) is 5.73 Å². The van der Waals surface area contributed by atoms with Crippen LogP contribution in [-0.4, -0.2) is 39.1 Å². The van der Waals surface area contributed by atoms with Crippen molar-refractivity contribution in [1.82, 2.24) is 19.9 Å². The van der Waals surface area contributed by atoms with E-state index in [1.165, 1.54) is 18.6 Å². The fraction of sp³-hybridized carbons (Fsp3) is 0.429. The van der Waals surface area contributed by atoms with Gasteiger partial charge in [0.2, 0.25) is 11.9 Å². The molecule has 0 aromatic carbocycles. The van der Waals surface area contributed by atoms with Gasteiger partial charge in [-0.15, -0.1) is 0 Å². The first kappa shape index (κ1) is 15.5. The number of nitrogens with zero attached hydrogens (tertiary/aromatic N) is 5. The van der Waals surface area contributed by atoms with Crippen LogP contribution in [0.1, 0.15) is 24.0 Å². The number of halogens is 2. The van der Waals surface area contributed by atoms with Gasteiger partial charge in [-0.25, -0.2) is 18.7 Å². The minimum Gasteiger partial charge on any atom is -0.350 e. The standard InChI is InChI=1S/C14H17F2N7/c15-12(16)10-3-9(4-18-6-10)5-19-13-20-8-21-14(22-13)23-2-1-11(17)7-23/h3-4,6,8,11-12H,1-2,5,7,17H2,(H,19,20,21,22). The van der Waals surface area contributed by atoms with Crippen LogP contribution in [-0.2, 0) is 6.54 Å². The lowest BCUT2D eigenvalue weighted by Gasteiger charge is -2.15. The topological polar surface area (TPSA) is 92.8 Å². The second-order valence-corrected chi connectivity index (χ2v) is 5.38. The monoisotopic (exact) mass is 321 g/mol. The van der Waals surface area contributed by atoms with Crippen LogP contribution in [0.25, 0.3) is 0 Å². The molecule has 1 unspecified atom stereocenters. The molecule has 3 N–H and O–H groups in total. The number of nitrogens with two attached hydrogens (primary N) is 1. The number of nitrogens with one attached hydrogen (secondary N) is 1. The van der Waals surface area contributed by atoms with E-state index in [0.717, 1.165) is 19.2 Å². The summed E-state index contributed by atoms with van der Waals surface area (Å²) in [5, 5.41) is 3.00. The van der Waals surface area contributed by atoms with E-state index in [9.17, 15) is 8.78 Å². The van der Waals surface area contributed by atoms with Crippen molar-refractivity contribution in [2.24, 2.45) is 5.73 Å². The van der Waals surface area contributed by atoms with Gasteiger partial charge in [-0.05, 0) is 18.1 Å². The lowest BCUT2D eigenvalue weighted by Crippen LogP contribution is -2.27. The summed E-state index contributed by atoms with van der Waals surface area (Å²) in [6.45, 7) is 1.82. The molecule has 0 bridgehead atoms. The van der Waals surface area contributed by atoms with Gasteiger partial charge in [-0.3, -0.25) is 4.98 Å². The van der Waals surface area contributed by atoms with E-state index in [-0.39, 0.29) is 11.6 Å². The quantitative estimate of drug-likeness (QED) is 0.858. The molecule has 2 aromatic rings. The molecule has 23 heavy (non-hydrogen) atoms. The van der Waals surface area contributed by atoms with Crippen LogP contribution in [0.4, 0.5) is 20.7 Å². The lowest BCUT2D eigenvalue weighted by atomic mass is 10.2. The maximum absolute atomic E-state index is 12.7. The third kappa shape index (κ3) is 3.86. The van der Waals surface area contributed by atoms with E-state index in [2.05, 4.69) is 25.3 Å². The molecule has 0 radical (unpaired) electrons. The zero-order chi connectivity index (χ0) is 16.2. The Kier molecular flexibility index (Phi) is 4.56. The SMILES string of the molecule is NC1CCN(c2ncnc(NCc3cncc(C(F)F)c3)n2)C1. The molecule has 0 amide bonds. The van der Waals surface area contributed by atoms with Crippen LogP contribution in [0.5, 0.6) is 0 Å². The fourth-order valence-corrected chi connectivity index (χ4v) is 2.40. The average molecular weight is 321 g/mol. The van der Waals surface area contributed by atoms with Crippen molar-refractivity contribution >= 4 is 11.9 Å². The van der Waals surface area contributed by atoms with Gasteiger partial charge in [-0.2, -0.15) is 4.98 Å². The van der Waals surface area contributed by atoms with Crippen LogP contribution in [0, 0.1) is 0 Å². The van der Waals surface area contributed by atoms with Crippen LogP contribution >= 0.6 is 0 Å². The van der Waals surface area contributed by atoms with Crippen molar-refractivity contribution in [3.05, 3.63) is 35.9 Å². The molecule has 1 atom stereocenters. The largest absolute Gasteiger partial charge is 0.350 e. The van der Waals surface area contributed by atoms with Crippen molar-refractivity contribution in [3.63, 3.8) is 0 Å². The highest BCUT2D eigenvalue weighted by Gasteiger charge is 2.21. The summed E-state index contributed by atoms with van der Waals surface area (Å²) in [7, 11) is 0. The van der Waals surface area contributed by atoms with E-state index >= 15 is 0 Å². The van der Waals surface area contributed by atoms with E-state index in [1.807, 2.05) is 4.90 Å². The molecule has 3 heterocycles. The third-order valence-corrected chi connectivity index (χ3v) is 3.59. The van der Waals surface area contributed by atoms with Crippen molar-refractivity contribution < 1.29 is 8.78 Å². The van der Waals surface area contributed by atoms with Crippen LogP contribution < -0.4 is 16.0 Å².